The highest BCUT2D eigenvalue weighted by atomic mass is 16.5. The van der Waals surface area contributed by atoms with E-state index in [0.29, 0.717) is 6.54 Å². The molecule has 1 aliphatic carbocycles. The molecule has 1 amide bonds. The lowest BCUT2D eigenvalue weighted by Crippen LogP contribution is -2.25. The summed E-state index contributed by atoms with van der Waals surface area (Å²) >= 11 is 0. The number of rotatable bonds is 3. The van der Waals surface area contributed by atoms with Crippen LogP contribution in [0.4, 0.5) is 4.79 Å². The molecule has 1 aromatic rings. The number of hydrogen-bond donors (Lipinski definition) is 0. The molecule has 0 atom stereocenters. The average Bonchev–Trinajstić information content (AvgIpc) is 2.48. The molecule has 0 spiro atoms. The number of carbonyl (C=O) groups excluding carboxylic acids is 1. The van der Waals surface area contributed by atoms with E-state index < -0.39 is 0 Å². The number of carbonyl (C=O) groups is 1. The van der Waals surface area contributed by atoms with E-state index in [1.165, 1.54) is 44.8 Å². The molecule has 0 heterocycles. The first kappa shape index (κ1) is 13.9. The molecule has 0 saturated heterocycles. The Balaban J connectivity index is 1.96. The van der Waals surface area contributed by atoms with Crippen LogP contribution in [0.3, 0.4) is 0 Å². The number of benzene rings is 1. The minimum atomic E-state index is -0.295. The largest absolute Gasteiger partial charge is 0.453 e. The Kier molecular flexibility index (Phi) is 4.83. The Hall–Kier alpha value is -1.51. The lowest BCUT2D eigenvalue weighted by Gasteiger charge is -2.22. The zero-order chi connectivity index (χ0) is 13.7. The summed E-state index contributed by atoms with van der Waals surface area (Å²) in [6, 6.07) is 8.69. The van der Waals surface area contributed by atoms with Gasteiger partial charge < -0.3 is 9.64 Å². The summed E-state index contributed by atoms with van der Waals surface area (Å²) in [7, 11) is 3.16. The molecule has 0 bridgehead atoms. The molecule has 19 heavy (non-hydrogen) atoms. The molecule has 0 unspecified atom stereocenters. The van der Waals surface area contributed by atoms with E-state index in [2.05, 4.69) is 24.3 Å². The number of amides is 1. The van der Waals surface area contributed by atoms with Crippen LogP contribution in [-0.4, -0.2) is 25.2 Å². The van der Waals surface area contributed by atoms with Crippen LogP contribution in [0.2, 0.25) is 0 Å². The van der Waals surface area contributed by atoms with Gasteiger partial charge in [0.1, 0.15) is 0 Å². The van der Waals surface area contributed by atoms with Crippen molar-refractivity contribution >= 4 is 6.09 Å². The van der Waals surface area contributed by atoms with Gasteiger partial charge in [-0.05, 0) is 29.9 Å². The number of nitrogens with zero attached hydrogens (tertiary/aromatic N) is 1. The average molecular weight is 261 g/mol. The van der Waals surface area contributed by atoms with Gasteiger partial charge in [0.05, 0.1) is 7.11 Å². The summed E-state index contributed by atoms with van der Waals surface area (Å²) in [5.41, 5.74) is 2.59. The maximum Gasteiger partial charge on any atom is 0.409 e. The molecule has 0 aliphatic heterocycles. The highest BCUT2D eigenvalue weighted by Gasteiger charge is 2.15. The second-order valence-corrected chi connectivity index (χ2v) is 5.40. The van der Waals surface area contributed by atoms with E-state index in [9.17, 15) is 4.79 Å². The molecular formula is C16H23NO2. The Morgan fingerprint density at radius 2 is 1.84 bits per heavy atom. The second-order valence-electron chi connectivity index (χ2n) is 5.40. The van der Waals surface area contributed by atoms with E-state index in [1.807, 2.05) is 0 Å². The van der Waals surface area contributed by atoms with Gasteiger partial charge in [-0.1, -0.05) is 43.5 Å². The van der Waals surface area contributed by atoms with Crippen molar-refractivity contribution in [2.45, 2.75) is 44.6 Å². The van der Waals surface area contributed by atoms with Crippen LogP contribution >= 0.6 is 0 Å². The summed E-state index contributed by atoms with van der Waals surface area (Å²) in [6.07, 6.45) is 6.45. The van der Waals surface area contributed by atoms with Gasteiger partial charge in [0, 0.05) is 13.6 Å². The third kappa shape index (κ3) is 3.72. The Bertz CT molecular complexity index is 407. The smallest absolute Gasteiger partial charge is 0.409 e. The van der Waals surface area contributed by atoms with E-state index >= 15 is 0 Å². The van der Waals surface area contributed by atoms with Crippen molar-refractivity contribution < 1.29 is 9.53 Å². The van der Waals surface area contributed by atoms with E-state index in [-0.39, 0.29) is 6.09 Å². The van der Waals surface area contributed by atoms with Crippen LogP contribution in [0.15, 0.2) is 24.3 Å². The van der Waals surface area contributed by atoms with Crippen LogP contribution in [0.1, 0.15) is 49.1 Å². The van der Waals surface area contributed by atoms with Crippen LogP contribution in [0.25, 0.3) is 0 Å². The van der Waals surface area contributed by atoms with Crippen molar-refractivity contribution in [3.05, 3.63) is 35.4 Å². The summed E-state index contributed by atoms with van der Waals surface area (Å²) in [5.74, 6) is 0.737. The number of hydrogen-bond acceptors (Lipinski definition) is 2. The maximum absolute atomic E-state index is 11.3. The van der Waals surface area contributed by atoms with Gasteiger partial charge in [0.2, 0.25) is 0 Å². The van der Waals surface area contributed by atoms with Crippen LogP contribution in [-0.2, 0) is 11.3 Å². The van der Waals surface area contributed by atoms with Crippen LogP contribution in [0.5, 0.6) is 0 Å². The van der Waals surface area contributed by atoms with Crippen molar-refractivity contribution in [1.29, 1.82) is 0 Å². The van der Waals surface area contributed by atoms with Crippen molar-refractivity contribution in [3.8, 4) is 0 Å². The first-order valence-electron chi connectivity index (χ1n) is 7.08. The number of methoxy groups -OCH3 is 1. The van der Waals surface area contributed by atoms with Gasteiger partial charge in [0.15, 0.2) is 0 Å². The molecule has 0 radical (unpaired) electrons. The third-order valence-electron chi connectivity index (χ3n) is 3.96. The fourth-order valence-electron chi connectivity index (χ4n) is 2.83. The molecule has 1 fully saturated rings. The third-order valence-corrected chi connectivity index (χ3v) is 3.96. The molecule has 1 saturated carbocycles. The Labute approximate surface area is 115 Å². The topological polar surface area (TPSA) is 29.5 Å². The summed E-state index contributed by atoms with van der Waals surface area (Å²) in [4.78, 5) is 12.9. The van der Waals surface area contributed by atoms with E-state index in [4.69, 9.17) is 4.74 Å². The molecule has 3 heteroatoms. The molecule has 1 aliphatic rings. The van der Waals surface area contributed by atoms with Crippen molar-refractivity contribution in [2.24, 2.45) is 0 Å². The van der Waals surface area contributed by atoms with Gasteiger partial charge in [-0.15, -0.1) is 0 Å². The molecular weight excluding hydrogens is 238 g/mol. The fourth-order valence-corrected chi connectivity index (χ4v) is 2.83. The maximum atomic E-state index is 11.3. The van der Waals surface area contributed by atoms with Gasteiger partial charge >= 0.3 is 6.09 Å². The van der Waals surface area contributed by atoms with Gasteiger partial charge in [-0.2, -0.15) is 0 Å². The predicted molar refractivity (Wildman–Crippen MR) is 76.1 cm³/mol. The Morgan fingerprint density at radius 3 is 2.42 bits per heavy atom. The zero-order valence-electron chi connectivity index (χ0n) is 11.9. The molecule has 104 valence electrons. The fraction of sp³-hybridized carbons (Fsp3) is 0.562. The minimum absolute atomic E-state index is 0.295. The highest BCUT2D eigenvalue weighted by molar-refractivity contribution is 5.66. The van der Waals surface area contributed by atoms with E-state index in [0.717, 1.165) is 11.5 Å². The van der Waals surface area contributed by atoms with Crippen LogP contribution < -0.4 is 0 Å². The highest BCUT2D eigenvalue weighted by Crippen LogP contribution is 2.32. The van der Waals surface area contributed by atoms with Crippen molar-refractivity contribution in [3.63, 3.8) is 0 Å². The quantitative estimate of drug-likeness (QED) is 0.825. The lowest BCUT2D eigenvalue weighted by atomic mass is 9.84. The van der Waals surface area contributed by atoms with Crippen molar-refractivity contribution in [2.75, 3.05) is 14.2 Å². The molecule has 0 aromatic heterocycles. The summed E-state index contributed by atoms with van der Waals surface area (Å²) < 4.78 is 4.69. The van der Waals surface area contributed by atoms with Gasteiger partial charge in [0.25, 0.3) is 0 Å². The first-order chi connectivity index (χ1) is 9.20. The lowest BCUT2D eigenvalue weighted by molar-refractivity contribution is 0.131. The minimum Gasteiger partial charge on any atom is -0.453 e. The zero-order valence-corrected chi connectivity index (χ0v) is 11.9. The van der Waals surface area contributed by atoms with Crippen molar-refractivity contribution in [1.82, 2.24) is 4.90 Å². The van der Waals surface area contributed by atoms with Gasteiger partial charge in [-0.3, -0.25) is 0 Å². The standard InChI is InChI=1S/C16H23NO2/c1-17(16(18)19-2)12-13-8-10-15(11-9-13)14-6-4-3-5-7-14/h8-11,14H,3-7,12H2,1-2H3. The molecule has 1 aromatic carbocycles. The van der Waals surface area contributed by atoms with Crippen LogP contribution in [0, 0.1) is 0 Å². The predicted octanol–water partition coefficient (Wildman–Crippen LogP) is 3.93. The SMILES string of the molecule is COC(=O)N(C)Cc1ccc(C2CCCCC2)cc1. The Morgan fingerprint density at radius 1 is 1.21 bits per heavy atom. The molecule has 3 nitrogen and oxygen atoms in total. The first-order valence-corrected chi connectivity index (χ1v) is 7.08. The molecule has 0 N–H and O–H groups in total. The number of ether oxygens (including phenoxy) is 1. The van der Waals surface area contributed by atoms with Gasteiger partial charge in [-0.25, -0.2) is 4.79 Å². The monoisotopic (exact) mass is 261 g/mol. The normalized spacial score (nSPS) is 16.1. The second kappa shape index (κ2) is 6.60. The molecule has 2 rings (SSSR count). The summed E-state index contributed by atoms with van der Waals surface area (Å²) in [6.45, 7) is 0.595. The summed E-state index contributed by atoms with van der Waals surface area (Å²) in [5, 5.41) is 0. The van der Waals surface area contributed by atoms with E-state index in [1.54, 1.807) is 11.9 Å².